The highest BCUT2D eigenvalue weighted by molar-refractivity contribution is 5.80. The molecular weight excluding hydrogens is 326 g/mol. The van der Waals surface area contributed by atoms with Crippen molar-refractivity contribution in [2.24, 2.45) is 0 Å². The zero-order chi connectivity index (χ0) is 18.4. The second-order valence-corrected chi connectivity index (χ2v) is 6.27. The summed E-state index contributed by atoms with van der Waals surface area (Å²) < 4.78 is 7.60. The molecule has 0 saturated carbocycles. The van der Waals surface area contributed by atoms with Crippen molar-refractivity contribution in [3.8, 4) is 5.75 Å². The minimum absolute atomic E-state index is 0.139. The van der Waals surface area contributed by atoms with Gasteiger partial charge in [-0.3, -0.25) is 9.48 Å². The van der Waals surface area contributed by atoms with Gasteiger partial charge in [-0.1, -0.05) is 36.4 Å². The SMILES string of the molecule is Cc1cccc(OC(C)C(=O)NCc2ccccc2Cn2cccn2)c1. The molecule has 0 saturated heterocycles. The summed E-state index contributed by atoms with van der Waals surface area (Å²) in [7, 11) is 0. The number of aromatic nitrogens is 2. The van der Waals surface area contributed by atoms with Gasteiger partial charge < -0.3 is 10.1 Å². The highest BCUT2D eigenvalue weighted by Crippen LogP contribution is 2.15. The molecule has 3 rings (SSSR count). The van der Waals surface area contributed by atoms with Gasteiger partial charge in [-0.15, -0.1) is 0 Å². The second kappa shape index (κ2) is 8.34. The van der Waals surface area contributed by atoms with Gasteiger partial charge >= 0.3 is 0 Å². The molecule has 26 heavy (non-hydrogen) atoms. The van der Waals surface area contributed by atoms with E-state index in [2.05, 4.69) is 16.5 Å². The first-order valence-corrected chi connectivity index (χ1v) is 8.67. The fraction of sp³-hybridized carbons (Fsp3) is 0.238. The topological polar surface area (TPSA) is 56.1 Å². The summed E-state index contributed by atoms with van der Waals surface area (Å²) in [5.74, 6) is 0.562. The summed E-state index contributed by atoms with van der Waals surface area (Å²) >= 11 is 0. The van der Waals surface area contributed by atoms with Crippen molar-refractivity contribution in [2.75, 3.05) is 0 Å². The standard InChI is InChI=1S/C21H23N3O2/c1-16-7-5-10-20(13-16)26-17(2)21(25)22-14-18-8-3-4-9-19(18)15-24-12-6-11-23-24/h3-13,17H,14-15H2,1-2H3,(H,22,25). The third-order valence-corrected chi connectivity index (χ3v) is 4.13. The number of benzene rings is 2. The van der Waals surface area contributed by atoms with Gasteiger partial charge in [0, 0.05) is 18.9 Å². The summed E-state index contributed by atoms with van der Waals surface area (Å²) in [5, 5.41) is 7.20. The van der Waals surface area contributed by atoms with Crippen LogP contribution in [0, 0.1) is 6.92 Å². The molecule has 5 nitrogen and oxygen atoms in total. The molecule has 0 spiro atoms. The summed E-state index contributed by atoms with van der Waals surface area (Å²) in [6.45, 7) is 4.88. The quantitative estimate of drug-likeness (QED) is 0.712. The lowest BCUT2D eigenvalue weighted by molar-refractivity contribution is -0.127. The normalized spacial score (nSPS) is 11.8. The number of rotatable bonds is 7. The lowest BCUT2D eigenvalue weighted by Crippen LogP contribution is -2.36. The predicted molar refractivity (Wildman–Crippen MR) is 101 cm³/mol. The van der Waals surface area contributed by atoms with E-state index in [0.29, 0.717) is 18.8 Å². The third-order valence-electron chi connectivity index (χ3n) is 4.13. The number of carbonyl (C=O) groups excluding carboxylic acids is 1. The van der Waals surface area contributed by atoms with Crippen molar-refractivity contribution in [2.45, 2.75) is 33.0 Å². The Hall–Kier alpha value is -3.08. The minimum atomic E-state index is -0.560. The van der Waals surface area contributed by atoms with Crippen LogP contribution >= 0.6 is 0 Å². The van der Waals surface area contributed by atoms with Gasteiger partial charge in [-0.2, -0.15) is 5.10 Å². The van der Waals surface area contributed by atoms with Crippen LogP contribution in [0.2, 0.25) is 0 Å². The molecule has 0 fully saturated rings. The maximum atomic E-state index is 12.4. The molecule has 0 radical (unpaired) electrons. The molecular formula is C21H23N3O2. The van der Waals surface area contributed by atoms with E-state index in [1.54, 1.807) is 13.1 Å². The van der Waals surface area contributed by atoms with Gasteiger partial charge in [-0.25, -0.2) is 0 Å². The first-order valence-electron chi connectivity index (χ1n) is 8.67. The van der Waals surface area contributed by atoms with E-state index in [1.165, 1.54) is 0 Å². The first kappa shape index (κ1) is 17.7. The number of carbonyl (C=O) groups is 1. The fourth-order valence-electron chi connectivity index (χ4n) is 2.73. The Balaban J connectivity index is 1.59. The smallest absolute Gasteiger partial charge is 0.261 e. The lowest BCUT2D eigenvalue weighted by Gasteiger charge is -2.16. The molecule has 2 aromatic carbocycles. The summed E-state index contributed by atoms with van der Waals surface area (Å²) in [4.78, 5) is 12.4. The molecule has 134 valence electrons. The first-order chi connectivity index (χ1) is 12.6. The Morgan fingerprint density at radius 3 is 2.69 bits per heavy atom. The van der Waals surface area contributed by atoms with Crippen LogP contribution in [0.3, 0.4) is 0 Å². The van der Waals surface area contributed by atoms with Crippen molar-refractivity contribution in [3.05, 3.63) is 83.7 Å². The van der Waals surface area contributed by atoms with E-state index in [9.17, 15) is 4.79 Å². The van der Waals surface area contributed by atoms with E-state index in [4.69, 9.17) is 4.74 Å². The van der Waals surface area contributed by atoms with Crippen molar-refractivity contribution in [1.29, 1.82) is 0 Å². The molecule has 1 amide bonds. The van der Waals surface area contributed by atoms with Crippen LogP contribution in [0.5, 0.6) is 5.75 Å². The zero-order valence-corrected chi connectivity index (χ0v) is 15.1. The molecule has 0 aliphatic carbocycles. The number of ether oxygens (including phenoxy) is 1. The molecule has 0 aliphatic rings. The fourth-order valence-corrected chi connectivity index (χ4v) is 2.73. The maximum Gasteiger partial charge on any atom is 0.261 e. The van der Waals surface area contributed by atoms with Crippen molar-refractivity contribution in [3.63, 3.8) is 0 Å². The summed E-state index contributed by atoms with van der Waals surface area (Å²) in [6.07, 6.45) is 3.12. The van der Waals surface area contributed by atoms with Gasteiger partial charge in [0.15, 0.2) is 6.10 Å². The Kier molecular flexibility index (Phi) is 5.69. The van der Waals surface area contributed by atoms with Crippen LogP contribution < -0.4 is 10.1 Å². The van der Waals surface area contributed by atoms with Gasteiger partial charge in [0.1, 0.15) is 5.75 Å². The number of hydrogen-bond acceptors (Lipinski definition) is 3. The largest absolute Gasteiger partial charge is 0.481 e. The molecule has 5 heteroatoms. The van der Waals surface area contributed by atoms with Crippen molar-refractivity contribution < 1.29 is 9.53 Å². The number of nitrogens with zero attached hydrogens (tertiary/aromatic N) is 2. The molecule has 1 aromatic heterocycles. The van der Waals surface area contributed by atoms with Crippen LogP contribution in [0.15, 0.2) is 67.0 Å². The summed E-state index contributed by atoms with van der Waals surface area (Å²) in [5.41, 5.74) is 3.30. The minimum Gasteiger partial charge on any atom is -0.481 e. The zero-order valence-electron chi connectivity index (χ0n) is 15.1. The number of aryl methyl sites for hydroxylation is 1. The van der Waals surface area contributed by atoms with E-state index in [1.807, 2.05) is 66.3 Å². The average molecular weight is 349 g/mol. The Bertz CT molecular complexity index is 859. The van der Waals surface area contributed by atoms with Crippen LogP contribution in [0.25, 0.3) is 0 Å². The Labute approximate surface area is 153 Å². The monoisotopic (exact) mass is 349 g/mol. The Morgan fingerprint density at radius 1 is 1.15 bits per heavy atom. The number of nitrogens with one attached hydrogen (secondary N) is 1. The Morgan fingerprint density at radius 2 is 1.96 bits per heavy atom. The molecule has 1 atom stereocenters. The summed E-state index contributed by atoms with van der Waals surface area (Å²) in [6, 6.07) is 17.6. The van der Waals surface area contributed by atoms with Gasteiger partial charge in [0.2, 0.25) is 0 Å². The molecule has 3 aromatic rings. The van der Waals surface area contributed by atoms with E-state index in [-0.39, 0.29) is 5.91 Å². The highest BCUT2D eigenvalue weighted by Gasteiger charge is 2.15. The average Bonchev–Trinajstić information content (AvgIpc) is 3.14. The van der Waals surface area contributed by atoms with E-state index >= 15 is 0 Å². The van der Waals surface area contributed by atoms with E-state index < -0.39 is 6.10 Å². The molecule has 1 N–H and O–H groups in total. The van der Waals surface area contributed by atoms with Crippen LogP contribution in [0.1, 0.15) is 23.6 Å². The third kappa shape index (κ3) is 4.72. The molecule has 0 bridgehead atoms. The van der Waals surface area contributed by atoms with Crippen molar-refractivity contribution >= 4 is 5.91 Å². The van der Waals surface area contributed by atoms with Crippen LogP contribution in [-0.2, 0) is 17.9 Å². The molecule has 0 aliphatic heterocycles. The van der Waals surface area contributed by atoms with Gasteiger partial charge in [0.25, 0.3) is 5.91 Å². The number of hydrogen-bond donors (Lipinski definition) is 1. The predicted octanol–water partition coefficient (Wildman–Crippen LogP) is 3.32. The maximum absolute atomic E-state index is 12.4. The molecule has 1 heterocycles. The number of amides is 1. The van der Waals surface area contributed by atoms with Crippen LogP contribution in [0.4, 0.5) is 0 Å². The van der Waals surface area contributed by atoms with E-state index in [0.717, 1.165) is 16.7 Å². The second-order valence-electron chi connectivity index (χ2n) is 6.27. The van der Waals surface area contributed by atoms with Crippen molar-refractivity contribution in [1.82, 2.24) is 15.1 Å². The molecule has 1 unspecified atom stereocenters. The lowest BCUT2D eigenvalue weighted by atomic mass is 10.1. The van der Waals surface area contributed by atoms with Crippen LogP contribution in [-0.4, -0.2) is 21.8 Å². The highest BCUT2D eigenvalue weighted by atomic mass is 16.5. The van der Waals surface area contributed by atoms with Gasteiger partial charge in [0.05, 0.1) is 6.54 Å². The van der Waals surface area contributed by atoms with Gasteiger partial charge in [-0.05, 0) is 48.7 Å².